The first-order valence-electron chi connectivity index (χ1n) is 6.10. The van der Waals surface area contributed by atoms with E-state index in [1.165, 1.54) is 0 Å². The zero-order chi connectivity index (χ0) is 12.4. The number of alkyl halides is 1. The molecule has 0 saturated carbocycles. The van der Waals surface area contributed by atoms with E-state index in [1.807, 2.05) is 0 Å². The molecule has 0 bridgehead atoms. The number of hydrogen-bond donors (Lipinski definition) is 1. The first-order chi connectivity index (χ1) is 7.57. The van der Waals surface area contributed by atoms with E-state index in [9.17, 15) is 4.79 Å². The molecule has 0 fully saturated rings. The lowest BCUT2D eigenvalue weighted by Crippen LogP contribution is -2.28. The quantitative estimate of drug-likeness (QED) is 0.501. The molecule has 0 spiro atoms. The summed E-state index contributed by atoms with van der Waals surface area (Å²) in [5.74, 6) is 0.685. The maximum atomic E-state index is 11.2. The largest absolute Gasteiger partial charge is 0.356 e. The van der Waals surface area contributed by atoms with Gasteiger partial charge in [-0.05, 0) is 46.7 Å². The molecule has 16 heavy (non-hydrogen) atoms. The molecule has 0 radical (unpaired) electrons. The molecule has 0 rings (SSSR count). The molecule has 0 aliphatic heterocycles. The molecule has 4 heteroatoms. The molecule has 1 N–H and O–H groups in total. The highest BCUT2D eigenvalue weighted by Crippen LogP contribution is 1.97. The van der Waals surface area contributed by atoms with Crippen LogP contribution in [0, 0.1) is 0 Å². The number of rotatable bonds is 9. The van der Waals surface area contributed by atoms with Crippen LogP contribution in [0.3, 0.4) is 0 Å². The van der Waals surface area contributed by atoms with Gasteiger partial charge < -0.3 is 10.2 Å². The van der Waals surface area contributed by atoms with Gasteiger partial charge in [-0.2, -0.15) is 0 Å². The van der Waals surface area contributed by atoms with Crippen molar-refractivity contribution in [1.82, 2.24) is 10.2 Å². The van der Waals surface area contributed by atoms with E-state index in [4.69, 9.17) is 11.6 Å². The highest BCUT2D eigenvalue weighted by Gasteiger charge is 2.02. The first-order valence-corrected chi connectivity index (χ1v) is 6.64. The Bertz CT molecular complexity index is 186. The summed E-state index contributed by atoms with van der Waals surface area (Å²) in [4.78, 5) is 13.5. The van der Waals surface area contributed by atoms with Gasteiger partial charge in [-0.25, -0.2) is 0 Å². The van der Waals surface area contributed by atoms with Gasteiger partial charge in [0.1, 0.15) is 0 Å². The van der Waals surface area contributed by atoms with E-state index in [1.54, 1.807) is 0 Å². The number of halogens is 1. The van der Waals surface area contributed by atoms with Gasteiger partial charge in [0.2, 0.25) is 5.91 Å². The molecule has 0 heterocycles. The van der Waals surface area contributed by atoms with Crippen molar-refractivity contribution >= 4 is 17.5 Å². The Labute approximate surface area is 105 Å². The summed E-state index contributed by atoms with van der Waals surface area (Å²) in [6.07, 6.45) is 3.49. The van der Waals surface area contributed by atoms with Gasteiger partial charge in [0.15, 0.2) is 0 Å². The fourth-order valence-electron chi connectivity index (χ4n) is 1.29. The Balaban J connectivity index is 3.30. The number of carbonyl (C=O) groups is 1. The molecule has 1 amide bonds. The van der Waals surface area contributed by atoms with Crippen LogP contribution in [0.1, 0.15) is 39.5 Å². The van der Waals surface area contributed by atoms with Crippen molar-refractivity contribution in [2.24, 2.45) is 0 Å². The van der Waals surface area contributed by atoms with Gasteiger partial charge >= 0.3 is 0 Å². The summed E-state index contributed by atoms with van der Waals surface area (Å²) >= 11 is 5.51. The summed E-state index contributed by atoms with van der Waals surface area (Å²) in [5.41, 5.74) is 0. The van der Waals surface area contributed by atoms with E-state index in [0.29, 0.717) is 18.3 Å². The second-order valence-electron chi connectivity index (χ2n) is 4.42. The third-order valence-electron chi connectivity index (χ3n) is 2.68. The number of hydrogen-bond acceptors (Lipinski definition) is 2. The lowest BCUT2D eigenvalue weighted by molar-refractivity contribution is -0.121. The number of nitrogens with zero attached hydrogens (tertiary/aromatic N) is 1. The monoisotopic (exact) mass is 248 g/mol. The summed E-state index contributed by atoms with van der Waals surface area (Å²) < 4.78 is 0. The minimum Gasteiger partial charge on any atom is -0.356 e. The van der Waals surface area contributed by atoms with E-state index < -0.39 is 0 Å². The summed E-state index contributed by atoms with van der Waals surface area (Å²) in [7, 11) is 2.13. The van der Waals surface area contributed by atoms with E-state index in [2.05, 4.69) is 31.1 Å². The van der Waals surface area contributed by atoms with Crippen molar-refractivity contribution in [2.45, 2.75) is 45.6 Å². The van der Waals surface area contributed by atoms with Crippen LogP contribution >= 0.6 is 11.6 Å². The number of carbonyl (C=O) groups excluding carboxylic acids is 1. The van der Waals surface area contributed by atoms with Gasteiger partial charge in [0, 0.05) is 24.9 Å². The van der Waals surface area contributed by atoms with Crippen molar-refractivity contribution in [2.75, 3.05) is 26.0 Å². The zero-order valence-electron chi connectivity index (χ0n) is 10.8. The van der Waals surface area contributed by atoms with Crippen LogP contribution in [0.15, 0.2) is 0 Å². The van der Waals surface area contributed by atoms with Crippen LogP contribution in [0.5, 0.6) is 0 Å². The minimum absolute atomic E-state index is 0.123. The van der Waals surface area contributed by atoms with Crippen molar-refractivity contribution < 1.29 is 4.79 Å². The third-order valence-corrected chi connectivity index (χ3v) is 2.95. The van der Waals surface area contributed by atoms with Crippen molar-refractivity contribution in [3.8, 4) is 0 Å². The standard InChI is InChI=1S/C12H25ClN2O/c1-11(2)15(3)10-5-4-9-14-12(16)7-6-8-13/h11H,4-10H2,1-3H3,(H,14,16). The molecular weight excluding hydrogens is 224 g/mol. The van der Waals surface area contributed by atoms with E-state index in [0.717, 1.165) is 32.4 Å². The molecule has 0 unspecified atom stereocenters. The summed E-state index contributed by atoms with van der Waals surface area (Å²) in [5, 5.41) is 2.90. The SMILES string of the molecule is CC(C)N(C)CCCCNC(=O)CCCCl. The van der Waals surface area contributed by atoms with E-state index >= 15 is 0 Å². The van der Waals surface area contributed by atoms with Crippen LogP contribution in [0.25, 0.3) is 0 Å². The Hall–Kier alpha value is -0.280. The highest BCUT2D eigenvalue weighted by molar-refractivity contribution is 6.17. The number of unbranched alkanes of at least 4 members (excludes halogenated alkanes) is 1. The summed E-state index contributed by atoms with van der Waals surface area (Å²) in [6, 6.07) is 0.596. The molecule has 0 aromatic heterocycles. The predicted octanol–water partition coefficient (Wildman–Crippen LogP) is 2.24. The van der Waals surface area contributed by atoms with Crippen LogP contribution in [-0.2, 0) is 4.79 Å². The van der Waals surface area contributed by atoms with Crippen LogP contribution < -0.4 is 5.32 Å². The second-order valence-corrected chi connectivity index (χ2v) is 4.80. The average Bonchev–Trinajstić information content (AvgIpc) is 2.25. The number of amides is 1. The molecule has 0 atom stereocenters. The van der Waals surface area contributed by atoms with Crippen LogP contribution in [0.2, 0.25) is 0 Å². The van der Waals surface area contributed by atoms with Crippen LogP contribution in [0.4, 0.5) is 0 Å². The molecule has 0 saturated heterocycles. The minimum atomic E-state index is 0.123. The van der Waals surface area contributed by atoms with Gasteiger partial charge in [-0.3, -0.25) is 4.79 Å². The zero-order valence-corrected chi connectivity index (χ0v) is 11.5. The third kappa shape index (κ3) is 8.98. The highest BCUT2D eigenvalue weighted by atomic mass is 35.5. The Morgan fingerprint density at radius 3 is 2.56 bits per heavy atom. The maximum absolute atomic E-state index is 11.2. The van der Waals surface area contributed by atoms with Crippen molar-refractivity contribution in [3.63, 3.8) is 0 Å². The molecule has 0 aromatic carbocycles. The lowest BCUT2D eigenvalue weighted by atomic mass is 10.2. The molecule has 0 aliphatic rings. The fourth-order valence-corrected chi connectivity index (χ4v) is 1.42. The van der Waals surface area contributed by atoms with Gasteiger partial charge in [-0.15, -0.1) is 11.6 Å². The molecule has 0 aliphatic carbocycles. The lowest BCUT2D eigenvalue weighted by Gasteiger charge is -2.20. The molecule has 3 nitrogen and oxygen atoms in total. The first kappa shape index (κ1) is 15.7. The smallest absolute Gasteiger partial charge is 0.220 e. The predicted molar refractivity (Wildman–Crippen MR) is 70.0 cm³/mol. The summed E-state index contributed by atoms with van der Waals surface area (Å²) in [6.45, 7) is 6.25. The fraction of sp³-hybridized carbons (Fsp3) is 0.917. The molecular formula is C12H25ClN2O. The number of nitrogens with one attached hydrogen (secondary N) is 1. The average molecular weight is 249 g/mol. The normalized spacial score (nSPS) is 11.1. The van der Waals surface area contributed by atoms with Crippen LogP contribution in [-0.4, -0.2) is 42.9 Å². The second kappa shape index (κ2) is 9.91. The van der Waals surface area contributed by atoms with Crippen molar-refractivity contribution in [3.05, 3.63) is 0 Å². The Morgan fingerprint density at radius 1 is 1.31 bits per heavy atom. The van der Waals surface area contributed by atoms with Crippen molar-refractivity contribution in [1.29, 1.82) is 0 Å². The van der Waals surface area contributed by atoms with Gasteiger partial charge in [0.25, 0.3) is 0 Å². The molecule has 96 valence electrons. The molecule has 0 aromatic rings. The van der Waals surface area contributed by atoms with Gasteiger partial charge in [-0.1, -0.05) is 0 Å². The van der Waals surface area contributed by atoms with E-state index in [-0.39, 0.29) is 5.91 Å². The topological polar surface area (TPSA) is 32.3 Å². The maximum Gasteiger partial charge on any atom is 0.220 e. The Kier molecular flexibility index (Phi) is 9.74. The Morgan fingerprint density at radius 2 is 2.00 bits per heavy atom. The van der Waals surface area contributed by atoms with Gasteiger partial charge in [0.05, 0.1) is 0 Å².